The Kier molecular flexibility index (Phi) is 50.0. The zero-order chi connectivity index (χ0) is 108. The molecule has 144 heavy (non-hydrogen) atoms. The maximum Gasteiger partial charge on any atom is 0.511 e. The van der Waals surface area contributed by atoms with Gasteiger partial charge in [0.1, 0.15) is 100 Å². The number of methoxy groups -OCH3 is 16. The second-order valence-electron chi connectivity index (χ2n) is 30.2. The summed E-state index contributed by atoms with van der Waals surface area (Å²) in [7, 11) is 24.3. The molecule has 0 amide bonds. The Labute approximate surface area is 848 Å². The summed E-state index contributed by atoms with van der Waals surface area (Å²) in [6.45, 7) is 12.1. The van der Waals surface area contributed by atoms with Crippen molar-refractivity contribution >= 4 is 104 Å². The lowest BCUT2D eigenvalue weighted by Crippen LogP contribution is -2.34. The maximum atomic E-state index is 12.3. The van der Waals surface area contributed by atoms with Gasteiger partial charge < -0.3 is 172 Å². The van der Waals surface area contributed by atoms with Gasteiger partial charge in [0.15, 0.2) is 51.7 Å². The van der Waals surface area contributed by atoms with E-state index in [0.29, 0.717) is 173 Å². The van der Waals surface area contributed by atoms with E-state index in [1.165, 1.54) is 89.5 Å². The fourth-order valence-electron chi connectivity index (χ4n) is 12.8. The SMILES string of the molecule is CCOc1ccc(N)c(OC(=O)O)c1.COc1c(C(C)C)cc(N)cc1C(C)C.COc1cc(Cl)c(N)c(OC)c1.COc1cc(N)c(Cl)cc1OC.COc1cc(OC)c(Cl)cc1N.COc1cc(OC)c(N)c(OC)c1.COc1cc2c(cc1N)OCCO2.COc1ccc(N)c(C(F)(F)F)c1.COc1ccc(N)c(OC)c1OC.COc1ccc(N)cc1C(F)(F)F.Nc1ccc2c(c1)OC1CCCC1O2. The van der Waals surface area contributed by atoms with E-state index in [4.69, 9.17) is 193 Å². The Morgan fingerprint density at radius 1 is 0.340 bits per heavy atom. The van der Waals surface area contributed by atoms with Crippen LogP contribution in [0.15, 0.2) is 158 Å². The lowest BCUT2D eigenvalue weighted by molar-refractivity contribution is -0.139. The van der Waals surface area contributed by atoms with E-state index in [2.05, 4.69) is 41.9 Å². The highest BCUT2D eigenvalue weighted by Gasteiger charge is 2.37. The van der Waals surface area contributed by atoms with E-state index in [1.54, 1.807) is 157 Å². The van der Waals surface area contributed by atoms with E-state index >= 15 is 0 Å². The lowest BCUT2D eigenvalue weighted by Gasteiger charge is -2.29. The van der Waals surface area contributed by atoms with Gasteiger partial charge in [0.25, 0.3) is 0 Å². The number of anilines is 11. The topological polar surface area (TPSA) is 527 Å². The Bertz CT molecular complexity index is 5800. The molecule has 2 atom stereocenters. The minimum Gasteiger partial charge on any atom is -0.497 e. The van der Waals surface area contributed by atoms with Crippen molar-refractivity contribution in [3.05, 3.63) is 195 Å². The van der Waals surface area contributed by atoms with Crippen molar-refractivity contribution in [2.75, 3.05) is 197 Å². The number of nitrogen functional groups attached to an aromatic ring is 11. The summed E-state index contributed by atoms with van der Waals surface area (Å²) < 4.78 is 186. The zero-order valence-electron chi connectivity index (χ0n) is 83.7. The number of fused-ring (bicyclic) bond motifs is 3. The number of ether oxygens (including phenoxy) is 22. The third-order valence-electron chi connectivity index (χ3n) is 20.0. The lowest BCUT2D eigenvalue weighted by atomic mass is 9.93. The van der Waals surface area contributed by atoms with Crippen molar-refractivity contribution in [3.8, 4) is 126 Å². The minimum absolute atomic E-state index is 0.0631. The second kappa shape index (κ2) is 59.5. The molecule has 2 aliphatic heterocycles. The van der Waals surface area contributed by atoms with Gasteiger partial charge in [-0.3, -0.25) is 0 Å². The number of carbonyl (C=O) groups is 1. The molecule has 790 valence electrons. The van der Waals surface area contributed by atoms with Gasteiger partial charge in [0.05, 0.1) is 181 Å². The van der Waals surface area contributed by atoms with Gasteiger partial charge in [-0.2, -0.15) is 26.3 Å². The van der Waals surface area contributed by atoms with Crippen molar-refractivity contribution in [2.24, 2.45) is 0 Å². The zero-order valence-corrected chi connectivity index (χ0v) is 85.9. The standard InChI is InChI=1S/C13H21NO.C11H13NO2.C9H11NO4.C9H11NO3.2C9H13NO3.3C8H10ClNO2.2C8H8F3NO/c1-8(2)11-6-10(14)7-12(9(3)4)13(11)15-5;12-7-4-5-10-11(6-7)14-9-3-1-2-8(9)13-10;1-2-13-6-3-4-7(10)8(5-6)14-9(11)12;1-11-7-5-9-8(4-6(7)10)12-2-3-13-9;1-11-6-4-7(12-2)9(10)8(5-6)13-3;1-11-7-5-4-6(10)8(12-2)9(7)13-3;1-11-7-3-5(9)6(10)4-8(7)12-2;1-11-7-4-8(12-2)6(10)3-5(7)9;1-11-5-3-6(9)8(10)7(4-5)12-2;1-13-5-2-3-7(12)6(4-5)8(9,10)11;1-13-7-3-2-5(12)4-6(7)8(9,10)11/h6-9H,14H2,1-5H3;4-6,8-9H,1-3,12H2;3-5H,2,10H2,1H3,(H,11,12);4-5H,2-3,10H2,1H3;2*4-5H,10H2,1-3H3;3*3-4H,10H2,1-2H3;2*2-4H,12H2,1H3. The normalized spacial score (nSPS) is 12.3. The van der Waals surface area contributed by atoms with Crippen LogP contribution in [0.4, 0.5) is 93.7 Å². The molecule has 3 aliphatic rings. The molecule has 1 aliphatic carbocycles. The molecular weight excluding hydrogens is 1960 g/mol. The first-order valence-electron chi connectivity index (χ1n) is 43.2. The number of halogens is 9. The van der Waals surface area contributed by atoms with E-state index in [1.807, 2.05) is 37.3 Å². The number of benzene rings is 11. The second-order valence-corrected chi connectivity index (χ2v) is 31.4. The van der Waals surface area contributed by atoms with Crippen molar-refractivity contribution < 1.29 is 140 Å². The first-order chi connectivity index (χ1) is 68.1. The van der Waals surface area contributed by atoms with E-state index in [0.717, 1.165) is 53.6 Å². The van der Waals surface area contributed by atoms with Crippen LogP contribution < -0.4 is 167 Å². The quantitative estimate of drug-likeness (QED) is 0.0138. The molecule has 1 fully saturated rings. The van der Waals surface area contributed by atoms with E-state index in [-0.39, 0.29) is 46.5 Å². The number of alkyl halides is 6. The van der Waals surface area contributed by atoms with Gasteiger partial charge in [-0.1, -0.05) is 62.5 Å². The number of carboxylic acid groups (broad SMARTS) is 1. The predicted octanol–water partition coefficient (Wildman–Crippen LogP) is 21.3. The largest absolute Gasteiger partial charge is 0.511 e. The molecule has 14 rings (SSSR count). The molecule has 0 aromatic heterocycles. The predicted molar refractivity (Wildman–Crippen MR) is 551 cm³/mol. The van der Waals surface area contributed by atoms with Crippen LogP contribution in [0.2, 0.25) is 15.1 Å². The average molecular weight is 2090 g/mol. The molecule has 11 aromatic rings. The average Bonchev–Trinajstić information content (AvgIpc) is 1.65. The molecule has 2 heterocycles. The van der Waals surface area contributed by atoms with Crippen LogP contribution in [0, 0.1) is 0 Å². The molecule has 44 heteroatoms. The molecule has 23 N–H and O–H groups in total. The smallest absolute Gasteiger partial charge is 0.497 e. The molecule has 2 unspecified atom stereocenters. The first kappa shape index (κ1) is 121. The number of rotatable bonds is 21. The molecular formula is C100H128Cl3F6N11O24. The molecule has 0 radical (unpaired) electrons. The van der Waals surface area contributed by atoms with Crippen LogP contribution in [0.1, 0.15) is 88.0 Å². The highest BCUT2D eigenvalue weighted by atomic mass is 35.5. The highest BCUT2D eigenvalue weighted by Crippen LogP contribution is 2.47. The minimum atomic E-state index is -4.43. The van der Waals surface area contributed by atoms with Crippen LogP contribution in [0.5, 0.6) is 126 Å². The Morgan fingerprint density at radius 3 is 1.26 bits per heavy atom. The van der Waals surface area contributed by atoms with Crippen molar-refractivity contribution in [1.82, 2.24) is 0 Å². The summed E-state index contributed by atoms with van der Waals surface area (Å²) in [6, 6.07) is 41.1. The maximum absolute atomic E-state index is 12.3. The summed E-state index contributed by atoms with van der Waals surface area (Å²) in [4.78, 5) is 10.3. The molecule has 0 saturated heterocycles. The van der Waals surface area contributed by atoms with E-state index < -0.39 is 29.6 Å². The molecule has 0 bridgehead atoms. The molecule has 0 spiro atoms. The summed E-state index contributed by atoms with van der Waals surface area (Å²) in [5, 5.41) is 9.78. The Hall–Kier alpha value is -15.3. The Morgan fingerprint density at radius 2 is 0.778 bits per heavy atom. The third kappa shape index (κ3) is 36.7. The van der Waals surface area contributed by atoms with Crippen LogP contribution in [0.25, 0.3) is 0 Å². The van der Waals surface area contributed by atoms with Crippen molar-refractivity contribution in [1.29, 1.82) is 0 Å². The number of nitrogens with two attached hydrogens (primary N) is 11. The monoisotopic (exact) mass is 2090 g/mol. The Balaban J connectivity index is 0.000000330. The molecule has 1 saturated carbocycles. The van der Waals surface area contributed by atoms with Crippen molar-refractivity contribution in [2.45, 2.75) is 90.3 Å². The summed E-state index contributed by atoms with van der Waals surface area (Å²) in [6.07, 6.45) is -6.37. The fourth-order valence-corrected chi connectivity index (χ4v) is 13.4. The van der Waals surface area contributed by atoms with Gasteiger partial charge >= 0.3 is 18.5 Å². The number of hydrogen-bond acceptors (Lipinski definition) is 34. The van der Waals surface area contributed by atoms with Gasteiger partial charge in [-0.05, 0) is 140 Å². The van der Waals surface area contributed by atoms with Crippen LogP contribution in [0.3, 0.4) is 0 Å². The van der Waals surface area contributed by atoms with Crippen LogP contribution in [-0.4, -0.2) is 157 Å². The third-order valence-corrected chi connectivity index (χ3v) is 21.0. The van der Waals surface area contributed by atoms with Gasteiger partial charge in [0, 0.05) is 89.5 Å². The summed E-state index contributed by atoms with van der Waals surface area (Å²) in [5.74, 6) is 12.8. The highest BCUT2D eigenvalue weighted by molar-refractivity contribution is 6.34. The first-order valence-corrected chi connectivity index (χ1v) is 44.3. The number of hydrogen-bond donors (Lipinski definition) is 12. The van der Waals surface area contributed by atoms with Crippen LogP contribution in [-0.2, 0) is 12.4 Å². The van der Waals surface area contributed by atoms with Crippen molar-refractivity contribution in [3.63, 3.8) is 0 Å². The van der Waals surface area contributed by atoms with E-state index in [9.17, 15) is 31.1 Å². The molecule has 35 nitrogen and oxygen atoms in total. The fraction of sp³-hybridized carbons (Fsp3) is 0.330. The van der Waals surface area contributed by atoms with Gasteiger partial charge in [-0.15, -0.1) is 0 Å². The van der Waals surface area contributed by atoms with Crippen LogP contribution >= 0.6 is 34.8 Å². The summed E-state index contributed by atoms with van der Waals surface area (Å²) in [5.41, 5.74) is 66.5. The summed E-state index contributed by atoms with van der Waals surface area (Å²) >= 11 is 17.4. The molecule has 11 aromatic carbocycles. The van der Waals surface area contributed by atoms with Gasteiger partial charge in [0.2, 0.25) is 5.75 Å². The van der Waals surface area contributed by atoms with Gasteiger partial charge in [-0.25, -0.2) is 4.79 Å².